The van der Waals surface area contributed by atoms with Crippen molar-refractivity contribution in [2.24, 2.45) is 46.3 Å². The van der Waals surface area contributed by atoms with E-state index in [9.17, 15) is 20.1 Å². The first-order chi connectivity index (χ1) is 14.6. The maximum Gasteiger partial charge on any atom is 0.306 e. The quantitative estimate of drug-likeness (QED) is 0.428. The Bertz CT molecular complexity index is 672. The summed E-state index contributed by atoms with van der Waals surface area (Å²) in [6, 6.07) is -0.104. The fraction of sp³-hybridized carbons (Fsp3) is 0.960. The number of hydrogen-bond acceptors (Lipinski definition) is 5. The van der Waals surface area contributed by atoms with Crippen LogP contribution in [0, 0.1) is 46.3 Å². The summed E-state index contributed by atoms with van der Waals surface area (Å²) in [5.41, 5.74) is -0.129. The molecule has 31 heavy (non-hydrogen) atoms. The molecule has 0 aromatic rings. The van der Waals surface area contributed by atoms with Crippen molar-refractivity contribution >= 4 is 17.6 Å². The summed E-state index contributed by atoms with van der Waals surface area (Å²) in [5, 5.41) is 33.1. The van der Waals surface area contributed by atoms with E-state index in [0.717, 1.165) is 51.4 Å². The molecule has 178 valence electrons. The lowest BCUT2D eigenvalue weighted by atomic mass is 9.43. The van der Waals surface area contributed by atoms with Gasteiger partial charge in [0.1, 0.15) is 0 Å². The van der Waals surface area contributed by atoms with Gasteiger partial charge in [0, 0.05) is 6.42 Å². The van der Waals surface area contributed by atoms with Gasteiger partial charge in [0.2, 0.25) is 0 Å². The molecule has 0 radical (unpaired) electrons. The van der Waals surface area contributed by atoms with Crippen molar-refractivity contribution in [2.45, 2.75) is 96.9 Å². The SMILES string of the molecule is CC(CCC(=O)OCCl)C1CCC2C3C(O)CC4CC(O)CCC4(C)C3CC(O)C12C. The van der Waals surface area contributed by atoms with E-state index in [1.807, 2.05) is 0 Å². The molecule has 4 saturated carbocycles. The number of ether oxygens (including phenoxy) is 1. The minimum Gasteiger partial charge on any atom is -0.449 e. The number of aliphatic hydroxyl groups excluding tert-OH is 3. The zero-order valence-electron chi connectivity index (χ0n) is 19.3. The van der Waals surface area contributed by atoms with E-state index in [-0.39, 0.29) is 41.0 Å². The number of hydrogen-bond donors (Lipinski definition) is 3. The molecule has 4 aliphatic rings. The molecule has 4 aliphatic carbocycles. The smallest absolute Gasteiger partial charge is 0.306 e. The number of aliphatic hydroxyl groups is 3. The number of fused-ring (bicyclic) bond motifs is 5. The molecule has 5 nitrogen and oxygen atoms in total. The van der Waals surface area contributed by atoms with E-state index < -0.39 is 6.10 Å². The van der Waals surface area contributed by atoms with E-state index >= 15 is 0 Å². The van der Waals surface area contributed by atoms with Crippen molar-refractivity contribution in [3.8, 4) is 0 Å². The third-order valence-electron chi connectivity index (χ3n) is 10.5. The molecular weight excluding hydrogens is 416 g/mol. The molecule has 0 spiro atoms. The molecule has 0 bridgehead atoms. The number of halogens is 1. The van der Waals surface area contributed by atoms with Crippen molar-refractivity contribution < 1.29 is 24.9 Å². The van der Waals surface area contributed by atoms with Crippen LogP contribution in [0.2, 0.25) is 0 Å². The molecule has 6 heteroatoms. The molecular formula is C25H41ClO5. The van der Waals surface area contributed by atoms with Gasteiger partial charge in [-0.25, -0.2) is 0 Å². The van der Waals surface area contributed by atoms with Crippen LogP contribution in [-0.4, -0.2) is 45.7 Å². The van der Waals surface area contributed by atoms with Crippen LogP contribution in [0.25, 0.3) is 0 Å². The summed E-state index contributed by atoms with van der Waals surface area (Å²) >= 11 is 5.50. The summed E-state index contributed by atoms with van der Waals surface area (Å²) in [6.07, 6.45) is 6.33. The van der Waals surface area contributed by atoms with Crippen molar-refractivity contribution in [1.29, 1.82) is 0 Å². The predicted molar refractivity (Wildman–Crippen MR) is 119 cm³/mol. The average molecular weight is 457 g/mol. The molecule has 4 fully saturated rings. The van der Waals surface area contributed by atoms with Crippen molar-refractivity contribution in [1.82, 2.24) is 0 Å². The highest BCUT2D eigenvalue weighted by Crippen LogP contribution is 2.68. The molecule has 3 N–H and O–H groups in total. The lowest BCUT2D eigenvalue weighted by molar-refractivity contribution is -0.207. The van der Waals surface area contributed by atoms with Gasteiger partial charge in [0.25, 0.3) is 0 Å². The van der Waals surface area contributed by atoms with Crippen LogP contribution >= 0.6 is 11.6 Å². The highest BCUT2D eigenvalue weighted by Gasteiger charge is 2.65. The molecule has 0 aromatic heterocycles. The van der Waals surface area contributed by atoms with E-state index in [4.69, 9.17) is 16.3 Å². The number of alkyl halides is 1. The van der Waals surface area contributed by atoms with Gasteiger partial charge in [-0.15, -0.1) is 0 Å². The summed E-state index contributed by atoms with van der Waals surface area (Å²) in [6.45, 7) is 6.80. The van der Waals surface area contributed by atoms with E-state index in [2.05, 4.69) is 20.8 Å². The van der Waals surface area contributed by atoms with Crippen LogP contribution in [0.5, 0.6) is 0 Å². The standard InChI is InChI=1S/C25H41ClO5/c1-14(4-7-22(30)31-13-26)17-5-6-18-23-19(12-21(29)25(17,18)3)24(2)9-8-16(27)10-15(24)11-20(23)28/h14-21,23,27-29H,4-13H2,1-3H3. The summed E-state index contributed by atoms with van der Waals surface area (Å²) in [7, 11) is 0. The highest BCUT2D eigenvalue weighted by atomic mass is 35.5. The number of rotatable bonds is 5. The Balaban J connectivity index is 1.54. The van der Waals surface area contributed by atoms with Gasteiger partial charge in [0.05, 0.1) is 18.3 Å². The largest absolute Gasteiger partial charge is 0.449 e. The highest BCUT2D eigenvalue weighted by molar-refractivity contribution is 6.17. The van der Waals surface area contributed by atoms with E-state index in [1.54, 1.807) is 0 Å². The first-order valence-electron chi connectivity index (χ1n) is 12.4. The predicted octanol–water partition coefficient (Wildman–Crippen LogP) is 4.10. The molecule has 4 rings (SSSR count). The molecule has 0 heterocycles. The Kier molecular flexibility index (Phi) is 6.73. The monoisotopic (exact) mass is 456 g/mol. The molecule has 0 saturated heterocycles. The fourth-order valence-electron chi connectivity index (χ4n) is 8.81. The first-order valence-corrected chi connectivity index (χ1v) is 12.9. The van der Waals surface area contributed by atoms with Crippen molar-refractivity contribution in [3.05, 3.63) is 0 Å². The third-order valence-corrected chi connectivity index (χ3v) is 10.6. The third kappa shape index (κ3) is 3.86. The summed E-state index contributed by atoms with van der Waals surface area (Å²) in [5.74, 6) is 1.57. The lowest BCUT2D eigenvalue weighted by Crippen LogP contribution is -2.62. The zero-order chi connectivity index (χ0) is 22.6. The Morgan fingerprint density at radius 3 is 2.55 bits per heavy atom. The van der Waals surface area contributed by atoms with Gasteiger partial charge in [-0.3, -0.25) is 4.79 Å². The second kappa shape index (κ2) is 8.77. The average Bonchev–Trinajstić information content (AvgIpc) is 3.07. The molecule has 11 atom stereocenters. The molecule has 0 amide bonds. The van der Waals surface area contributed by atoms with Gasteiger partial charge in [-0.2, -0.15) is 0 Å². The number of esters is 1. The van der Waals surface area contributed by atoms with Crippen LogP contribution in [0.1, 0.15) is 78.6 Å². The fourth-order valence-corrected chi connectivity index (χ4v) is 8.93. The lowest BCUT2D eigenvalue weighted by Gasteiger charge is -2.63. The zero-order valence-corrected chi connectivity index (χ0v) is 20.1. The molecule has 11 unspecified atom stereocenters. The number of carbonyl (C=O) groups is 1. The maximum absolute atomic E-state index is 11.8. The maximum atomic E-state index is 11.8. The summed E-state index contributed by atoms with van der Waals surface area (Å²) in [4.78, 5) is 11.8. The van der Waals surface area contributed by atoms with Gasteiger partial charge >= 0.3 is 5.97 Å². The van der Waals surface area contributed by atoms with E-state index in [1.165, 1.54) is 0 Å². The Hall–Kier alpha value is -0.360. The second-order valence-corrected chi connectivity index (χ2v) is 11.9. The van der Waals surface area contributed by atoms with Gasteiger partial charge in [-0.1, -0.05) is 32.4 Å². The minimum absolute atomic E-state index is 0.0977. The van der Waals surface area contributed by atoms with Crippen LogP contribution < -0.4 is 0 Å². The van der Waals surface area contributed by atoms with Crippen molar-refractivity contribution in [2.75, 3.05) is 6.07 Å². The molecule has 0 aliphatic heterocycles. The van der Waals surface area contributed by atoms with Crippen molar-refractivity contribution in [3.63, 3.8) is 0 Å². The second-order valence-electron chi connectivity index (χ2n) is 11.7. The van der Waals surface area contributed by atoms with Crippen LogP contribution in [0.15, 0.2) is 0 Å². The van der Waals surface area contributed by atoms with Crippen LogP contribution in [-0.2, 0) is 9.53 Å². The van der Waals surface area contributed by atoms with Gasteiger partial charge in [-0.05, 0) is 97.7 Å². The van der Waals surface area contributed by atoms with E-state index in [0.29, 0.717) is 36.0 Å². The van der Waals surface area contributed by atoms with Gasteiger partial charge < -0.3 is 20.1 Å². The topological polar surface area (TPSA) is 87.0 Å². The summed E-state index contributed by atoms with van der Waals surface area (Å²) < 4.78 is 4.89. The first kappa shape index (κ1) is 23.8. The Morgan fingerprint density at radius 1 is 1.10 bits per heavy atom. The Morgan fingerprint density at radius 2 is 1.84 bits per heavy atom. The van der Waals surface area contributed by atoms with Crippen LogP contribution in [0.3, 0.4) is 0 Å². The van der Waals surface area contributed by atoms with Crippen LogP contribution in [0.4, 0.5) is 0 Å². The van der Waals surface area contributed by atoms with Gasteiger partial charge in [0.15, 0.2) is 6.07 Å². The Labute approximate surface area is 191 Å². The number of carbonyl (C=O) groups excluding carboxylic acids is 1. The minimum atomic E-state index is -0.391. The normalized spacial score (nSPS) is 50.2. The molecule has 0 aromatic carbocycles.